The fourth-order valence-electron chi connectivity index (χ4n) is 1.58. The largest absolute Gasteiger partial charge is 0.0837 e. The molecule has 0 saturated heterocycles. The Balaban J connectivity index is 2.86. The van der Waals surface area contributed by atoms with Crippen molar-refractivity contribution in [2.45, 2.75) is 13.8 Å². The maximum absolute atomic E-state index is 6.11. The summed E-state index contributed by atoms with van der Waals surface area (Å²) in [4.78, 5) is 0. The Bertz CT molecular complexity index is 453. The molecule has 0 heterocycles. The lowest BCUT2D eigenvalue weighted by atomic mass is 10.1. The standard InChI is InChI=1S/C12H11Cl/c1-8-3-4-11-10(5-8)6-9(2)7-12(11)13/h3-7H,1-2H3. The fraction of sp³-hybridized carbons (Fsp3) is 0.167. The number of rotatable bonds is 0. The van der Waals surface area contributed by atoms with Gasteiger partial charge in [0, 0.05) is 10.4 Å². The topological polar surface area (TPSA) is 0 Å². The number of hydrogen-bond donors (Lipinski definition) is 0. The summed E-state index contributed by atoms with van der Waals surface area (Å²) in [7, 11) is 0. The molecule has 0 atom stereocenters. The molecule has 0 aliphatic heterocycles. The van der Waals surface area contributed by atoms with Crippen molar-refractivity contribution in [1.82, 2.24) is 0 Å². The molecule has 0 aliphatic rings. The molecule has 2 aromatic rings. The van der Waals surface area contributed by atoms with Gasteiger partial charge in [-0.25, -0.2) is 0 Å². The van der Waals surface area contributed by atoms with E-state index in [1.807, 2.05) is 6.07 Å². The van der Waals surface area contributed by atoms with Crippen molar-refractivity contribution >= 4 is 22.4 Å². The molecule has 13 heavy (non-hydrogen) atoms. The molecule has 1 heteroatoms. The van der Waals surface area contributed by atoms with Crippen LogP contribution < -0.4 is 0 Å². The molecule has 0 nitrogen and oxygen atoms in total. The molecule has 2 rings (SSSR count). The quantitative estimate of drug-likeness (QED) is 0.587. The highest BCUT2D eigenvalue weighted by molar-refractivity contribution is 6.35. The molecule has 0 unspecified atom stereocenters. The maximum Gasteiger partial charge on any atom is 0.0487 e. The fourth-order valence-corrected chi connectivity index (χ4v) is 1.93. The van der Waals surface area contributed by atoms with E-state index >= 15 is 0 Å². The summed E-state index contributed by atoms with van der Waals surface area (Å²) in [5.74, 6) is 0. The summed E-state index contributed by atoms with van der Waals surface area (Å²) < 4.78 is 0. The predicted molar refractivity (Wildman–Crippen MR) is 58.4 cm³/mol. The number of aryl methyl sites for hydroxylation is 2. The number of fused-ring (bicyclic) bond motifs is 1. The lowest BCUT2D eigenvalue weighted by Crippen LogP contribution is -1.79. The predicted octanol–water partition coefficient (Wildman–Crippen LogP) is 4.11. The molecule has 0 aliphatic carbocycles. The summed E-state index contributed by atoms with van der Waals surface area (Å²) in [5.41, 5.74) is 2.48. The van der Waals surface area contributed by atoms with Gasteiger partial charge < -0.3 is 0 Å². The van der Waals surface area contributed by atoms with Crippen molar-refractivity contribution in [3.8, 4) is 0 Å². The van der Waals surface area contributed by atoms with Crippen molar-refractivity contribution in [1.29, 1.82) is 0 Å². The van der Waals surface area contributed by atoms with Gasteiger partial charge in [-0.15, -0.1) is 0 Å². The van der Waals surface area contributed by atoms with Crippen LogP contribution in [0.5, 0.6) is 0 Å². The highest BCUT2D eigenvalue weighted by Crippen LogP contribution is 2.25. The van der Waals surface area contributed by atoms with Crippen LogP contribution in [0.4, 0.5) is 0 Å². The van der Waals surface area contributed by atoms with Crippen LogP contribution in [0.25, 0.3) is 10.8 Å². The molecular formula is C12H11Cl. The first kappa shape index (κ1) is 8.58. The third-order valence-electron chi connectivity index (χ3n) is 2.20. The summed E-state index contributed by atoms with van der Waals surface area (Å²) in [6.07, 6.45) is 0. The zero-order valence-corrected chi connectivity index (χ0v) is 8.52. The van der Waals surface area contributed by atoms with E-state index in [9.17, 15) is 0 Å². The second kappa shape index (κ2) is 3.04. The molecular weight excluding hydrogens is 180 g/mol. The van der Waals surface area contributed by atoms with Crippen LogP contribution in [-0.2, 0) is 0 Å². The van der Waals surface area contributed by atoms with E-state index in [1.165, 1.54) is 16.5 Å². The molecule has 0 N–H and O–H groups in total. The Morgan fingerprint density at radius 1 is 0.923 bits per heavy atom. The molecule has 66 valence electrons. The lowest BCUT2D eigenvalue weighted by Gasteiger charge is -2.03. The van der Waals surface area contributed by atoms with Crippen molar-refractivity contribution < 1.29 is 0 Å². The van der Waals surface area contributed by atoms with E-state index in [0.29, 0.717) is 0 Å². The minimum Gasteiger partial charge on any atom is -0.0837 e. The van der Waals surface area contributed by atoms with Crippen LogP contribution in [0.2, 0.25) is 5.02 Å². The van der Waals surface area contributed by atoms with Gasteiger partial charge in [0.1, 0.15) is 0 Å². The van der Waals surface area contributed by atoms with Gasteiger partial charge in [0.2, 0.25) is 0 Å². The second-order valence-electron chi connectivity index (χ2n) is 3.47. The Morgan fingerprint density at radius 3 is 2.38 bits per heavy atom. The number of benzene rings is 2. The average molecular weight is 191 g/mol. The number of halogens is 1. The molecule has 0 spiro atoms. The molecule has 0 bridgehead atoms. The first-order valence-corrected chi connectivity index (χ1v) is 4.71. The Morgan fingerprint density at radius 2 is 1.62 bits per heavy atom. The summed E-state index contributed by atoms with van der Waals surface area (Å²) in [6.45, 7) is 4.16. The molecule has 0 fully saturated rings. The van der Waals surface area contributed by atoms with E-state index in [2.05, 4.69) is 38.1 Å². The van der Waals surface area contributed by atoms with Crippen LogP contribution in [0.3, 0.4) is 0 Å². The molecule has 2 aromatic carbocycles. The van der Waals surface area contributed by atoms with Gasteiger partial charge in [-0.2, -0.15) is 0 Å². The third-order valence-corrected chi connectivity index (χ3v) is 2.51. The van der Waals surface area contributed by atoms with Gasteiger partial charge in [0.05, 0.1) is 0 Å². The zero-order chi connectivity index (χ0) is 9.42. The molecule has 0 saturated carbocycles. The summed E-state index contributed by atoms with van der Waals surface area (Å²) in [6, 6.07) is 10.5. The molecule has 0 amide bonds. The minimum atomic E-state index is 0.843. The van der Waals surface area contributed by atoms with E-state index in [-0.39, 0.29) is 0 Å². The first-order chi connectivity index (χ1) is 6.16. The van der Waals surface area contributed by atoms with Crippen molar-refractivity contribution in [3.05, 3.63) is 46.5 Å². The highest BCUT2D eigenvalue weighted by atomic mass is 35.5. The van der Waals surface area contributed by atoms with Crippen LogP contribution >= 0.6 is 11.6 Å². The lowest BCUT2D eigenvalue weighted by molar-refractivity contribution is 1.47. The minimum absolute atomic E-state index is 0.843. The smallest absolute Gasteiger partial charge is 0.0487 e. The zero-order valence-electron chi connectivity index (χ0n) is 7.76. The Kier molecular flexibility index (Phi) is 2.01. The molecule has 0 aromatic heterocycles. The second-order valence-corrected chi connectivity index (χ2v) is 3.88. The van der Waals surface area contributed by atoms with Gasteiger partial charge in [0.25, 0.3) is 0 Å². The highest BCUT2D eigenvalue weighted by Gasteiger charge is 1.99. The SMILES string of the molecule is Cc1ccc2c(Cl)cc(C)cc2c1. The summed E-state index contributed by atoms with van der Waals surface area (Å²) >= 11 is 6.11. The monoisotopic (exact) mass is 190 g/mol. The first-order valence-electron chi connectivity index (χ1n) is 4.33. The Hall–Kier alpha value is -1.01. The third kappa shape index (κ3) is 1.54. The van der Waals surface area contributed by atoms with Crippen molar-refractivity contribution in [2.75, 3.05) is 0 Å². The van der Waals surface area contributed by atoms with Crippen LogP contribution in [-0.4, -0.2) is 0 Å². The van der Waals surface area contributed by atoms with Gasteiger partial charge in [-0.05, 0) is 30.9 Å². The number of hydrogen-bond acceptors (Lipinski definition) is 0. The van der Waals surface area contributed by atoms with E-state index in [0.717, 1.165) is 10.4 Å². The van der Waals surface area contributed by atoms with Crippen molar-refractivity contribution in [2.24, 2.45) is 0 Å². The van der Waals surface area contributed by atoms with Crippen LogP contribution in [0.1, 0.15) is 11.1 Å². The van der Waals surface area contributed by atoms with Gasteiger partial charge >= 0.3 is 0 Å². The van der Waals surface area contributed by atoms with Crippen molar-refractivity contribution in [3.63, 3.8) is 0 Å². The van der Waals surface area contributed by atoms with E-state index in [1.54, 1.807) is 0 Å². The van der Waals surface area contributed by atoms with Gasteiger partial charge in [-0.3, -0.25) is 0 Å². The summed E-state index contributed by atoms with van der Waals surface area (Å²) in [5, 5.41) is 3.21. The van der Waals surface area contributed by atoms with E-state index in [4.69, 9.17) is 11.6 Å². The van der Waals surface area contributed by atoms with Gasteiger partial charge in [-0.1, -0.05) is 41.4 Å². The molecule has 0 radical (unpaired) electrons. The van der Waals surface area contributed by atoms with Gasteiger partial charge in [0.15, 0.2) is 0 Å². The normalized spacial score (nSPS) is 10.7. The van der Waals surface area contributed by atoms with E-state index < -0.39 is 0 Å². The van der Waals surface area contributed by atoms with Crippen LogP contribution in [0.15, 0.2) is 30.3 Å². The maximum atomic E-state index is 6.11. The Labute approximate surface area is 83.1 Å². The van der Waals surface area contributed by atoms with Crippen LogP contribution in [0, 0.1) is 13.8 Å². The average Bonchev–Trinajstić information content (AvgIpc) is 2.02.